The number of hydroxylamine groups is 1. The van der Waals surface area contributed by atoms with Gasteiger partial charge in [-0.3, -0.25) is 4.84 Å². The monoisotopic (exact) mass is 213 g/mol. The van der Waals surface area contributed by atoms with Gasteiger partial charge in [0.25, 0.3) is 0 Å². The van der Waals surface area contributed by atoms with Crippen LogP contribution >= 0.6 is 0 Å². The van der Waals surface area contributed by atoms with Crippen molar-refractivity contribution >= 4 is 0 Å². The van der Waals surface area contributed by atoms with Crippen LogP contribution in [0.5, 0.6) is 0 Å². The zero-order valence-corrected chi connectivity index (χ0v) is 11.0. The van der Waals surface area contributed by atoms with Crippen LogP contribution < -0.4 is 5.48 Å². The molecular weight excluding hydrogens is 186 g/mol. The van der Waals surface area contributed by atoms with Crippen LogP contribution in [0.1, 0.15) is 66.7 Å². The molecule has 1 aliphatic rings. The Morgan fingerprint density at radius 2 is 1.80 bits per heavy atom. The van der Waals surface area contributed by atoms with E-state index in [2.05, 4.69) is 40.1 Å². The lowest BCUT2D eigenvalue weighted by atomic mass is 9.85. The molecule has 15 heavy (non-hydrogen) atoms. The molecule has 90 valence electrons. The van der Waals surface area contributed by atoms with Gasteiger partial charge in [-0.1, -0.05) is 20.3 Å². The Balaban J connectivity index is 2.32. The molecular formula is C13H27NO. The highest BCUT2D eigenvalue weighted by molar-refractivity contribution is 4.78. The molecule has 1 unspecified atom stereocenters. The molecule has 1 rings (SSSR count). The molecule has 0 amide bonds. The lowest BCUT2D eigenvalue weighted by Crippen LogP contribution is -2.36. The number of nitrogens with one attached hydrogen (secondary N) is 1. The normalized spacial score (nSPS) is 27.4. The van der Waals surface area contributed by atoms with Crippen LogP contribution in [0, 0.1) is 5.41 Å². The summed E-state index contributed by atoms with van der Waals surface area (Å²) in [4.78, 5) is 5.64. The van der Waals surface area contributed by atoms with Gasteiger partial charge in [-0.2, -0.15) is 5.48 Å². The van der Waals surface area contributed by atoms with Gasteiger partial charge in [-0.25, -0.2) is 0 Å². The number of hydrogen-bond acceptors (Lipinski definition) is 2. The van der Waals surface area contributed by atoms with Crippen LogP contribution in [0.15, 0.2) is 0 Å². The molecule has 0 aliphatic heterocycles. The van der Waals surface area contributed by atoms with E-state index in [1.54, 1.807) is 0 Å². The van der Waals surface area contributed by atoms with Crippen molar-refractivity contribution in [2.75, 3.05) is 0 Å². The molecule has 1 saturated carbocycles. The van der Waals surface area contributed by atoms with Crippen LogP contribution in [-0.4, -0.2) is 11.6 Å². The summed E-state index contributed by atoms with van der Waals surface area (Å²) in [5.41, 5.74) is 3.68. The number of hydrogen-bond donors (Lipinski definition) is 1. The Morgan fingerprint density at radius 1 is 1.13 bits per heavy atom. The van der Waals surface area contributed by atoms with E-state index in [0.29, 0.717) is 11.5 Å². The van der Waals surface area contributed by atoms with Gasteiger partial charge in [0.2, 0.25) is 0 Å². The molecule has 0 radical (unpaired) electrons. The fraction of sp³-hybridized carbons (Fsp3) is 1.00. The zero-order valence-electron chi connectivity index (χ0n) is 11.0. The summed E-state index contributed by atoms with van der Waals surface area (Å²) in [5, 5.41) is 0. The van der Waals surface area contributed by atoms with E-state index < -0.39 is 0 Å². The van der Waals surface area contributed by atoms with E-state index in [-0.39, 0.29) is 5.60 Å². The van der Waals surface area contributed by atoms with Crippen molar-refractivity contribution in [1.29, 1.82) is 0 Å². The molecule has 0 spiro atoms. The molecule has 1 fully saturated rings. The minimum absolute atomic E-state index is 0.0815. The molecule has 0 heterocycles. The third-order valence-electron chi connectivity index (χ3n) is 3.11. The van der Waals surface area contributed by atoms with Gasteiger partial charge in [-0.15, -0.1) is 0 Å². The predicted octanol–water partition coefficient (Wildman–Crippen LogP) is 3.67. The van der Waals surface area contributed by atoms with Crippen molar-refractivity contribution in [3.63, 3.8) is 0 Å². The van der Waals surface area contributed by atoms with Crippen LogP contribution in [0.25, 0.3) is 0 Å². The molecule has 2 heteroatoms. The quantitative estimate of drug-likeness (QED) is 0.558. The predicted molar refractivity (Wildman–Crippen MR) is 64.6 cm³/mol. The van der Waals surface area contributed by atoms with Crippen molar-refractivity contribution in [3.8, 4) is 0 Å². The lowest BCUT2D eigenvalue weighted by Gasteiger charge is -2.25. The highest BCUT2D eigenvalue weighted by Gasteiger charge is 2.25. The Bertz CT molecular complexity index is 193. The zero-order chi connectivity index (χ0) is 11.5. The second kappa shape index (κ2) is 4.84. The minimum atomic E-state index is -0.0815. The Hall–Kier alpha value is -0.0800. The maximum Gasteiger partial charge on any atom is 0.0813 e. The first-order valence-corrected chi connectivity index (χ1v) is 6.22. The van der Waals surface area contributed by atoms with Gasteiger partial charge < -0.3 is 0 Å². The van der Waals surface area contributed by atoms with E-state index in [9.17, 15) is 0 Å². The van der Waals surface area contributed by atoms with Gasteiger partial charge in [0.15, 0.2) is 0 Å². The largest absolute Gasteiger partial charge is 0.296 e. The van der Waals surface area contributed by atoms with Crippen molar-refractivity contribution in [2.24, 2.45) is 5.41 Å². The third-order valence-corrected chi connectivity index (χ3v) is 3.11. The summed E-state index contributed by atoms with van der Waals surface area (Å²) in [6, 6.07) is 0.547. The second-order valence-corrected chi connectivity index (χ2v) is 6.62. The molecule has 0 aromatic carbocycles. The van der Waals surface area contributed by atoms with Crippen molar-refractivity contribution in [3.05, 3.63) is 0 Å². The van der Waals surface area contributed by atoms with Gasteiger partial charge in [0, 0.05) is 6.04 Å². The van der Waals surface area contributed by atoms with Crippen LogP contribution in [0.3, 0.4) is 0 Å². The third kappa shape index (κ3) is 5.53. The smallest absolute Gasteiger partial charge is 0.0813 e. The maximum absolute atomic E-state index is 5.64. The Morgan fingerprint density at radius 3 is 2.40 bits per heavy atom. The molecule has 0 aromatic heterocycles. The van der Waals surface area contributed by atoms with Gasteiger partial charge in [-0.05, 0) is 51.9 Å². The standard InChI is InChI=1S/C13H27NO/c1-12(2,3)15-14-11-7-6-9-13(4,5)10-8-11/h11,14H,6-10H2,1-5H3. The summed E-state index contributed by atoms with van der Waals surface area (Å²) in [7, 11) is 0. The Labute approximate surface area is 94.7 Å². The SMILES string of the molecule is CC1(C)CCCC(NOC(C)(C)C)CC1. The fourth-order valence-corrected chi connectivity index (χ4v) is 2.04. The molecule has 2 nitrogen and oxygen atoms in total. The first-order valence-electron chi connectivity index (χ1n) is 6.22. The van der Waals surface area contributed by atoms with E-state index >= 15 is 0 Å². The van der Waals surface area contributed by atoms with E-state index in [1.807, 2.05) is 0 Å². The minimum Gasteiger partial charge on any atom is -0.296 e. The molecule has 0 saturated heterocycles. The van der Waals surface area contributed by atoms with E-state index in [1.165, 1.54) is 32.1 Å². The highest BCUT2D eigenvalue weighted by atomic mass is 16.7. The van der Waals surface area contributed by atoms with Crippen LogP contribution in [0.4, 0.5) is 0 Å². The van der Waals surface area contributed by atoms with Crippen LogP contribution in [0.2, 0.25) is 0 Å². The van der Waals surface area contributed by atoms with Crippen molar-refractivity contribution in [1.82, 2.24) is 5.48 Å². The van der Waals surface area contributed by atoms with E-state index in [0.717, 1.165) is 0 Å². The van der Waals surface area contributed by atoms with Crippen molar-refractivity contribution in [2.45, 2.75) is 78.4 Å². The average molecular weight is 213 g/mol. The van der Waals surface area contributed by atoms with Gasteiger partial charge >= 0.3 is 0 Å². The molecule has 1 atom stereocenters. The summed E-state index contributed by atoms with van der Waals surface area (Å²) >= 11 is 0. The Kier molecular flexibility index (Phi) is 4.19. The number of rotatable bonds is 2. The first kappa shape index (κ1) is 13.0. The first-order chi connectivity index (χ1) is 6.79. The van der Waals surface area contributed by atoms with Gasteiger partial charge in [0.1, 0.15) is 0 Å². The molecule has 1 aliphatic carbocycles. The second-order valence-electron chi connectivity index (χ2n) is 6.62. The summed E-state index contributed by atoms with van der Waals surface area (Å²) in [6.07, 6.45) is 6.46. The fourth-order valence-electron chi connectivity index (χ4n) is 2.04. The van der Waals surface area contributed by atoms with Crippen molar-refractivity contribution < 1.29 is 4.84 Å². The average Bonchev–Trinajstić information content (AvgIpc) is 2.22. The summed E-state index contributed by atoms with van der Waals surface area (Å²) in [5.74, 6) is 0. The molecule has 0 aromatic rings. The highest BCUT2D eigenvalue weighted by Crippen LogP contribution is 2.33. The summed E-state index contributed by atoms with van der Waals surface area (Å²) < 4.78 is 0. The maximum atomic E-state index is 5.64. The molecule has 1 N–H and O–H groups in total. The summed E-state index contributed by atoms with van der Waals surface area (Å²) in [6.45, 7) is 11.0. The molecule has 0 bridgehead atoms. The topological polar surface area (TPSA) is 21.3 Å². The van der Waals surface area contributed by atoms with Gasteiger partial charge in [0.05, 0.1) is 5.60 Å². The lowest BCUT2D eigenvalue weighted by molar-refractivity contribution is -0.0902. The van der Waals surface area contributed by atoms with Crippen LogP contribution in [-0.2, 0) is 4.84 Å². The van der Waals surface area contributed by atoms with E-state index in [4.69, 9.17) is 4.84 Å².